The first kappa shape index (κ1) is 38.4. The fraction of sp³-hybridized carbons (Fsp3) is 0.0400. The Labute approximate surface area is 338 Å². The van der Waals surface area contributed by atoms with E-state index in [9.17, 15) is 0 Å². The SMILES string of the molecule is Nc1ccc(Oc2ccc(Cc3ccc(Oc4ccc(N)cc4)cc3)cc2)cc1.Nc1cccc(Oc2ccc(Cc3ccc(Oc4cccc(N)c4)cc3)cc2)c1. The second kappa shape index (κ2) is 18.7. The summed E-state index contributed by atoms with van der Waals surface area (Å²) in [7, 11) is 0. The molecule has 0 saturated carbocycles. The molecule has 0 amide bonds. The molecule has 288 valence electrons. The summed E-state index contributed by atoms with van der Waals surface area (Å²) in [4.78, 5) is 0. The summed E-state index contributed by atoms with van der Waals surface area (Å²) in [5, 5.41) is 0. The number of nitrogen functional groups attached to an aromatic ring is 4. The monoisotopic (exact) mass is 764 g/mol. The van der Waals surface area contributed by atoms with Gasteiger partial charge in [0.25, 0.3) is 0 Å². The highest BCUT2D eigenvalue weighted by molar-refractivity contribution is 5.48. The van der Waals surface area contributed by atoms with Crippen LogP contribution >= 0.6 is 0 Å². The molecule has 8 aromatic carbocycles. The predicted molar refractivity (Wildman–Crippen MR) is 235 cm³/mol. The van der Waals surface area contributed by atoms with E-state index in [4.69, 9.17) is 41.9 Å². The molecule has 0 radical (unpaired) electrons. The first-order valence-corrected chi connectivity index (χ1v) is 18.8. The third-order valence-electron chi connectivity index (χ3n) is 8.93. The van der Waals surface area contributed by atoms with Gasteiger partial charge < -0.3 is 41.9 Å². The van der Waals surface area contributed by atoms with Gasteiger partial charge in [-0.1, -0.05) is 60.7 Å². The Balaban J connectivity index is 0.000000177. The van der Waals surface area contributed by atoms with Crippen molar-refractivity contribution in [3.8, 4) is 46.0 Å². The van der Waals surface area contributed by atoms with Gasteiger partial charge in [-0.25, -0.2) is 0 Å². The smallest absolute Gasteiger partial charge is 0.129 e. The topological polar surface area (TPSA) is 141 Å². The van der Waals surface area contributed by atoms with Crippen LogP contribution in [0.3, 0.4) is 0 Å². The van der Waals surface area contributed by atoms with E-state index in [1.165, 1.54) is 22.3 Å². The van der Waals surface area contributed by atoms with E-state index in [1.54, 1.807) is 12.1 Å². The molecule has 0 bridgehead atoms. The summed E-state index contributed by atoms with van der Waals surface area (Å²) in [5.74, 6) is 6.15. The van der Waals surface area contributed by atoms with Crippen molar-refractivity contribution < 1.29 is 18.9 Å². The minimum Gasteiger partial charge on any atom is -0.457 e. The molecule has 0 fully saturated rings. The molecular weight excluding hydrogens is 721 g/mol. The third kappa shape index (κ3) is 11.6. The molecule has 8 aromatic rings. The van der Waals surface area contributed by atoms with E-state index in [0.717, 1.165) is 70.2 Å². The number of ether oxygens (including phenoxy) is 4. The van der Waals surface area contributed by atoms with Crippen molar-refractivity contribution in [3.05, 3.63) is 216 Å². The van der Waals surface area contributed by atoms with Gasteiger partial charge in [0.2, 0.25) is 0 Å². The molecule has 8 heteroatoms. The van der Waals surface area contributed by atoms with Gasteiger partial charge in [-0.15, -0.1) is 0 Å². The molecule has 0 aliphatic heterocycles. The van der Waals surface area contributed by atoms with Crippen LogP contribution in [0.5, 0.6) is 46.0 Å². The lowest BCUT2D eigenvalue weighted by atomic mass is 10.0. The molecular formula is C50H44N4O4. The van der Waals surface area contributed by atoms with Crippen molar-refractivity contribution in [1.82, 2.24) is 0 Å². The maximum absolute atomic E-state index is 5.84. The maximum Gasteiger partial charge on any atom is 0.129 e. The summed E-state index contributed by atoms with van der Waals surface area (Å²) in [5.41, 5.74) is 30.6. The van der Waals surface area contributed by atoms with Gasteiger partial charge in [0, 0.05) is 34.9 Å². The van der Waals surface area contributed by atoms with Crippen LogP contribution in [0, 0.1) is 0 Å². The highest BCUT2D eigenvalue weighted by atomic mass is 16.5. The van der Waals surface area contributed by atoms with Crippen molar-refractivity contribution in [2.75, 3.05) is 22.9 Å². The van der Waals surface area contributed by atoms with E-state index in [0.29, 0.717) is 11.4 Å². The second-order valence-corrected chi connectivity index (χ2v) is 13.6. The second-order valence-electron chi connectivity index (χ2n) is 13.6. The molecule has 0 aromatic heterocycles. The Morgan fingerprint density at radius 2 is 0.483 bits per heavy atom. The zero-order valence-electron chi connectivity index (χ0n) is 31.8. The molecule has 0 saturated heterocycles. The molecule has 0 aliphatic rings. The highest BCUT2D eigenvalue weighted by Crippen LogP contribution is 2.28. The standard InChI is InChI=1S/2C25H22N2O2/c26-20-5-13-24(14-6-20)28-22-9-1-18(2-10-22)17-19-3-11-23(12-4-19)29-25-15-7-21(27)8-16-25;26-20-3-1-5-24(16-20)28-22-11-7-18(8-12-22)15-19-9-13-23(14-10-19)29-25-6-2-4-21(27)17-25/h1-16H,17,26-27H2;1-14,16-17H,15,26-27H2. The Hall–Kier alpha value is -7.84. The zero-order valence-corrected chi connectivity index (χ0v) is 31.8. The van der Waals surface area contributed by atoms with E-state index < -0.39 is 0 Å². The number of rotatable bonds is 12. The normalized spacial score (nSPS) is 10.5. The van der Waals surface area contributed by atoms with Gasteiger partial charge >= 0.3 is 0 Å². The van der Waals surface area contributed by atoms with Crippen LogP contribution in [0.15, 0.2) is 194 Å². The van der Waals surface area contributed by atoms with Crippen LogP contribution in [-0.4, -0.2) is 0 Å². The highest BCUT2D eigenvalue weighted by Gasteiger charge is 2.04. The molecule has 58 heavy (non-hydrogen) atoms. The molecule has 8 nitrogen and oxygen atoms in total. The lowest BCUT2D eigenvalue weighted by Crippen LogP contribution is -1.91. The maximum atomic E-state index is 5.84. The number of benzene rings is 8. The minimum absolute atomic E-state index is 0.683. The van der Waals surface area contributed by atoms with Crippen molar-refractivity contribution in [3.63, 3.8) is 0 Å². The first-order valence-electron chi connectivity index (χ1n) is 18.8. The van der Waals surface area contributed by atoms with Gasteiger partial charge in [-0.2, -0.15) is 0 Å². The van der Waals surface area contributed by atoms with Crippen molar-refractivity contribution in [2.45, 2.75) is 12.8 Å². The van der Waals surface area contributed by atoms with Crippen molar-refractivity contribution >= 4 is 22.7 Å². The predicted octanol–water partition coefficient (Wildman–Crippen LogP) is 12.1. The summed E-state index contributed by atoms with van der Waals surface area (Å²) >= 11 is 0. The molecule has 0 spiro atoms. The van der Waals surface area contributed by atoms with Crippen LogP contribution in [-0.2, 0) is 12.8 Å². The van der Waals surface area contributed by atoms with Gasteiger partial charge in [-0.05, 0) is 156 Å². The van der Waals surface area contributed by atoms with Crippen LogP contribution in [0.1, 0.15) is 22.3 Å². The van der Waals surface area contributed by atoms with Crippen LogP contribution in [0.25, 0.3) is 0 Å². The van der Waals surface area contributed by atoms with Crippen LogP contribution < -0.4 is 41.9 Å². The molecule has 0 unspecified atom stereocenters. The molecule has 0 atom stereocenters. The Morgan fingerprint density at radius 1 is 0.241 bits per heavy atom. The van der Waals surface area contributed by atoms with Crippen molar-refractivity contribution in [1.29, 1.82) is 0 Å². The summed E-state index contributed by atoms with van der Waals surface area (Å²) < 4.78 is 23.4. The van der Waals surface area contributed by atoms with Gasteiger partial charge in [0.05, 0.1) is 0 Å². The van der Waals surface area contributed by atoms with Gasteiger partial charge in [-0.3, -0.25) is 0 Å². The van der Waals surface area contributed by atoms with E-state index >= 15 is 0 Å². The van der Waals surface area contributed by atoms with Gasteiger partial charge in [0.1, 0.15) is 46.0 Å². The van der Waals surface area contributed by atoms with Crippen LogP contribution in [0.4, 0.5) is 22.7 Å². The van der Waals surface area contributed by atoms with Crippen LogP contribution in [0.2, 0.25) is 0 Å². The molecule has 8 rings (SSSR count). The summed E-state index contributed by atoms with van der Waals surface area (Å²) in [6.07, 6.45) is 1.67. The fourth-order valence-corrected chi connectivity index (χ4v) is 5.94. The Morgan fingerprint density at radius 3 is 0.741 bits per heavy atom. The molecule has 0 aliphatic carbocycles. The average Bonchev–Trinajstić information content (AvgIpc) is 3.23. The number of anilines is 4. The zero-order chi connectivity index (χ0) is 40.1. The fourth-order valence-electron chi connectivity index (χ4n) is 5.94. The summed E-state index contributed by atoms with van der Waals surface area (Å²) in [6.45, 7) is 0. The number of hydrogen-bond donors (Lipinski definition) is 4. The quantitative estimate of drug-likeness (QED) is 0.0901. The van der Waals surface area contributed by atoms with E-state index in [-0.39, 0.29) is 0 Å². The summed E-state index contributed by atoms with van der Waals surface area (Å²) in [6, 6.07) is 61.9. The van der Waals surface area contributed by atoms with E-state index in [2.05, 4.69) is 48.5 Å². The van der Waals surface area contributed by atoms with Crippen molar-refractivity contribution in [2.24, 2.45) is 0 Å². The lowest BCUT2D eigenvalue weighted by molar-refractivity contribution is 0.482. The Bertz CT molecular complexity index is 2330. The molecule has 0 heterocycles. The third-order valence-corrected chi connectivity index (χ3v) is 8.93. The molecule has 8 N–H and O–H groups in total. The average molecular weight is 765 g/mol. The minimum atomic E-state index is 0.683. The largest absolute Gasteiger partial charge is 0.457 e. The first-order chi connectivity index (χ1) is 28.3. The number of hydrogen-bond acceptors (Lipinski definition) is 8. The van der Waals surface area contributed by atoms with E-state index in [1.807, 2.05) is 133 Å². The lowest BCUT2D eigenvalue weighted by Gasteiger charge is -2.09. The van der Waals surface area contributed by atoms with Gasteiger partial charge in [0.15, 0.2) is 0 Å². The Kier molecular flexibility index (Phi) is 12.4. The number of nitrogens with two attached hydrogens (primary N) is 4.